The second-order valence-corrected chi connectivity index (χ2v) is 5.54. The highest BCUT2D eigenvalue weighted by molar-refractivity contribution is 6.33. The first-order valence-corrected chi connectivity index (χ1v) is 7.17. The molecular weight excluding hydrogens is 278 g/mol. The molecule has 1 atom stereocenters. The number of anilines is 2. The predicted octanol–water partition coefficient (Wildman–Crippen LogP) is 1.71. The molecule has 6 heteroatoms. The topological polar surface area (TPSA) is 78.6 Å². The summed E-state index contributed by atoms with van der Waals surface area (Å²) in [6.07, 6.45) is 1.85. The fourth-order valence-electron chi connectivity index (χ4n) is 2.32. The first kappa shape index (κ1) is 15.1. The van der Waals surface area contributed by atoms with Crippen LogP contribution in [-0.2, 0) is 4.79 Å². The highest BCUT2D eigenvalue weighted by Gasteiger charge is 2.19. The lowest BCUT2D eigenvalue weighted by molar-refractivity contribution is -0.116. The lowest BCUT2D eigenvalue weighted by Crippen LogP contribution is -2.24. The Morgan fingerprint density at radius 1 is 1.55 bits per heavy atom. The summed E-state index contributed by atoms with van der Waals surface area (Å²) in [6, 6.07) is 5.04. The van der Waals surface area contributed by atoms with Gasteiger partial charge in [-0.3, -0.25) is 4.79 Å². The Labute approximate surface area is 123 Å². The van der Waals surface area contributed by atoms with Crippen LogP contribution >= 0.6 is 11.6 Å². The first-order valence-electron chi connectivity index (χ1n) is 6.80. The third-order valence-electron chi connectivity index (χ3n) is 3.41. The fraction of sp³-hybridized carbons (Fsp3) is 0.500. The second-order valence-electron chi connectivity index (χ2n) is 5.13. The minimum atomic E-state index is -0.208. The number of hydrogen-bond acceptors (Lipinski definition) is 4. The van der Waals surface area contributed by atoms with Gasteiger partial charge in [-0.2, -0.15) is 0 Å². The van der Waals surface area contributed by atoms with E-state index in [9.17, 15) is 9.90 Å². The number of halogens is 1. The maximum absolute atomic E-state index is 11.8. The molecule has 5 nitrogen and oxygen atoms in total. The van der Waals surface area contributed by atoms with E-state index in [0.29, 0.717) is 22.8 Å². The van der Waals surface area contributed by atoms with Crippen LogP contribution in [-0.4, -0.2) is 41.7 Å². The number of carbonyl (C=O) groups excluding carboxylic acids is 1. The van der Waals surface area contributed by atoms with Crippen molar-refractivity contribution in [3.05, 3.63) is 23.2 Å². The van der Waals surface area contributed by atoms with Gasteiger partial charge in [0.1, 0.15) is 0 Å². The van der Waals surface area contributed by atoms with E-state index in [4.69, 9.17) is 17.3 Å². The zero-order chi connectivity index (χ0) is 14.5. The van der Waals surface area contributed by atoms with E-state index in [0.717, 1.165) is 32.5 Å². The summed E-state index contributed by atoms with van der Waals surface area (Å²) < 4.78 is 0. The zero-order valence-corrected chi connectivity index (χ0v) is 12.1. The van der Waals surface area contributed by atoms with Crippen LogP contribution in [0.4, 0.5) is 11.4 Å². The predicted molar refractivity (Wildman–Crippen MR) is 80.8 cm³/mol. The summed E-state index contributed by atoms with van der Waals surface area (Å²) in [7, 11) is 0. The van der Waals surface area contributed by atoms with Gasteiger partial charge in [0.15, 0.2) is 0 Å². The maximum Gasteiger partial charge on any atom is 0.224 e. The quantitative estimate of drug-likeness (QED) is 0.723. The van der Waals surface area contributed by atoms with Crippen molar-refractivity contribution in [1.29, 1.82) is 0 Å². The molecular formula is C14H20ClN3O2. The van der Waals surface area contributed by atoms with Crippen molar-refractivity contribution in [3.8, 4) is 0 Å². The molecule has 0 bridgehead atoms. The number of hydrogen-bond donors (Lipinski definition) is 3. The number of nitrogens with two attached hydrogens (primary N) is 1. The molecule has 1 aromatic carbocycles. The smallest absolute Gasteiger partial charge is 0.224 e. The molecule has 1 saturated heterocycles. The number of carbonyl (C=O) groups is 1. The van der Waals surface area contributed by atoms with Crippen LogP contribution in [0.25, 0.3) is 0 Å². The van der Waals surface area contributed by atoms with Crippen molar-refractivity contribution in [1.82, 2.24) is 4.90 Å². The van der Waals surface area contributed by atoms with Crippen LogP contribution < -0.4 is 11.1 Å². The molecule has 0 spiro atoms. The van der Waals surface area contributed by atoms with E-state index < -0.39 is 0 Å². The van der Waals surface area contributed by atoms with Gasteiger partial charge in [0.25, 0.3) is 0 Å². The number of amides is 1. The van der Waals surface area contributed by atoms with E-state index in [1.165, 1.54) is 0 Å². The van der Waals surface area contributed by atoms with Crippen LogP contribution in [0.2, 0.25) is 5.02 Å². The van der Waals surface area contributed by atoms with Crippen LogP contribution in [0.5, 0.6) is 0 Å². The van der Waals surface area contributed by atoms with Gasteiger partial charge in [-0.25, -0.2) is 0 Å². The number of nitrogens with one attached hydrogen (secondary N) is 1. The van der Waals surface area contributed by atoms with Gasteiger partial charge >= 0.3 is 0 Å². The molecule has 2 rings (SSSR count). The van der Waals surface area contributed by atoms with Gasteiger partial charge in [-0.1, -0.05) is 11.6 Å². The van der Waals surface area contributed by atoms with Crippen molar-refractivity contribution in [2.24, 2.45) is 0 Å². The molecule has 20 heavy (non-hydrogen) atoms. The molecule has 1 aliphatic heterocycles. The minimum absolute atomic E-state index is 0.0357. The van der Waals surface area contributed by atoms with E-state index >= 15 is 0 Å². The molecule has 1 heterocycles. The van der Waals surface area contributed by atoms with E-state index in [-0.39, 0.29) is 12.0 Å². The van der Waals surface area contributed by atoms with Crippen molar-refractivity contribution in [3.63, 3.8) is 0 Å². The standard InChI is InChI=1S/C14H20ClN3O2/c15-12-4-3-10(8-13(12)16)17-14(20)2-1-6-18-7-5-11(19)9-18/h3-4,8,11,19H,1-2,5-7,9,16H2,(H,17,20). The van der Waals surface area contributed by atoms with Crippen molar-refractivity contribution >= 4 is 28.9 Å². The molecule has 4 N–H and O–H groups in total. The number of likely N-dealkylation sites (tertiary alicyclic amines) is 1. The summed E-state index contributed by atoms with van der Waals surface area (Å²) in [5.74, 6) is -0.0357. The Morgan fingerprint density at radius 3 is 3.00 bits per heavy atom. The molecule has 1 aromatic rings. The normalized spacial score (nSPS) is 19.2. The Hall–Kier alpha value is -1.30. The molecule has 1 amide bonds. The number of β-amino-alcohol motifs (C(OH)–C–C–N with tert-alkyl or cyclic N) is 1. The summed E-state index contributed by atoms with van der Waals surface area (Å²) in [4.78, 5) is 14.0. The number of aliphatic hydroxyl groups excluding tert-OH is 1. The number of aliphatic hydroxyl groups is 1. The Kier molecular flexibility index (Phi) is 5.23. The lowest BCUT2D eigenvalue weighted by Gasteiger charge is -2.14. The van der Waals surface area contributed by atoms with Gasteiger partial charge in [-0.05, 0) is 37.6 Å². The highest BCUT2D eigenvalue weighted by atomic mass is 35.5. The minimum Gasteiger partial charge on any atom is -0.397 e. The lowest BCUT2D eigenvalue weighted by atomic mass is 10.2. The number of benzene rings is 1. The van der Waals surface area contributed by atoms with Gasteiger partial charge in [-0.15, -0.1) is 0 Å². The van der Waals surface area contributed by atoms with E-state index in [2.05, 4.69) is 10.2 Å². The van der Waals surface area contributed by atoms with Gasteiger partial charge in [0, 0.05) is 25.2 Å². The average molecular weight is 298 g/mol. The number of nitrogens with zero attached hydrogens (tertiary/aromatic N) is 1. The Balaban J connectivity index is 1.71. The largest absolute Gasteiger partial charge is 0.397 e. The molecule has 1 aliphatic rings. The fourth-order valence-corrected chi connectivity index (χ4v) is 2.44. The van der Waals surface area contributed by atoms with Crippen LogP contribution in [0.3, 0.4) is 0 Å². The molecule has 0 saturated carbocycles. The second kappa shape index (κ2) is 6.92. The SMILES string of the molecule is Nc1cc(NC(=O)CCCN2CCC(O)C2)ccc1Cl. The summed E-state index contributed by atoms with van der Waals surface area (Å²) in [6.45, 7) is 2.47. The molecule has 0 aromatic heterocycles. The van der Waals surface area contributed by atoms with Gasteiger partial charge < -0.3 is 21.1 Å². The van der Waals surface area contributed by atoms with E-state index in [1.54, 1.807) is 18.2 Å². The maximum atomic E-state index is 11.8. The van der Waals surface area contributed by atoms with E-state index in [1.807, 2.05) is 0 Å². The highest BCUT2D eigenvalue weighted by Crippen LogP contribution is 2.22. The number of rotatable bonds is 5. The summed E-state index contributed by atoms with van der Waals surface area (Å²) in [5, 5.41) is 12.7. The van der Waals surface area contributed by atoms with Gasteiger partial charge in [0.2, 0.25) is 5.91 Å². The van der Waals surface area contributed by atoms with Crippen molar-refractivity contribution in [2.75, 3.05) is 30.7 Å². The van der Waals surface area contributed by atoms with Crippen molar-refractivity contribution < 1.29 is 9.90 Å². The Morgan fingerprint density at radius 2 is 2.35 bits per heavy atom. The van der Waals surface area contributed by atoms with Crippen LogP contribution in [0.1, 0.15) is 19.3 Å². The first-order chi connectivity index (χ1) is 9.54. The van der Waals surface area contributed by atoms with Crippen LogP contribution in [0.15, 0.2) is 18.2 Å². The monoisotopic (exact) mass is 297 g/mol. The third kappa shape index (κ3) is 4.37. The molecule has 1 fully saturated rings. The average Bonchev–Trinajstić information content (AvgIpc) is 2.80. The summed E-state index contributed by atoms with van der Waals surface area (Å²) in [5.41, 5.74) is 6.79. The third-order valence-corrected chi connectivity index (χ3v) is 3.75. The Bertz CT molecular complexity index is 481. The molecule has 0 aliphatic carbocycles. The van der Waals surface area contributed by atoms with Crippen molar-refractivity contribution in [2.45, 2.75) is 25.4 Å². The molecule has 0 radical (unpaired) electrons. The summed E-state index contributed by atoms with van der Waals surface area (Å²) >= 11 is 5.82. The zero-order valence-electron chi connectivity index (χ0n) is 11.3. The van der Waals surface area contributed by atoms with Gasteiger partial charge in [0.05, 0.1) is 16.8 Å². The number of nitrogen functional groups attached to an aromatic ring is 1. The molecule has 110 valence electrons. The van der Waals surface area contributed by atoms with Crippen LogP contribution in [0, 0.1) is 0 Å². The molecule has 1 unspecified atom stereocenters.